The monoisotopic (exact) mass is 760 g/mol. The number of ether oxygens (including phenoxy) is 2. The van der Waals surface area contributed by atoms with Crippen molar-refractivity contribution in [2.75, 3.05) is 13.2 Å². The van der Waals surface area contributed by atoms with E-state index in [0.717, 1.165) is 38.5 Å². The fourth-order valence-electron chi connectivity index (χ4n) is 6.70. The molecule has 1 aliphatic rings. The van der Waals surface area contributed by atoms with Gasteiger partial charge in [-0.25, -0.2) is 4.57 Å². The number of carbonyl (C=O) groups is 2. The number of hydrogen-bond acceptors (Lipinski definition) is 9. The van der Waals surface area contributed by atoms with E-state index >= 15 is 0 Å². The van der Waals surface area contributed by atoms with Gasteiger partial charge in [-0.05, 0) is 25.2 Å². The van der Waals surface area contributed by atoms with E-state index in [2.05, 4.69) is 18.4 Å². The number of aliphatic hydroxyl groups is 3. The van der Waals surface area contributed by atoms with Gasteiger partial charge in [-0.3, -0.25) is 14.1 Å². The van der Waals surface area contributed by atoms with E-state index in [4.69, 9.17) is 19.3 Å². The molecule has 0 aromatic carbocycles. The van der Waals surface area contributed by atoms with Gasteiger partial charge in [0.15, 0.2) is 6.10 Å². The van der Waals surface area contributed by atoms with E-state index in [9.17, 15) is 29.5 Å². The Kier molecular flexibility index (Phi) is 28.6. The molecule has 12 heteroatoms. The highest BCUT2D eigenvalue weighted by Crippen LogP contribution is 2.37. The minimum Gasteiger partial charge on any atom is -0.461 e. The minimum absolute atomic E-state index is 0.110. The zero-order chi connectivity index (χ0) is 38.5. The van der Waals surface area contributed by atoms with Gasteiger partial charge in [0.2, 0.25) is 0 Å². The number of esters is 2. The molecule has 6 atom stereocenters. The molecule has 1 aliphatic carbocycles. The molecular weight excluding hydrogens is 687 g/mol. The summed E-state index contributed by atoms with van der Waals surface area (Å²) in [5, 5.41) is 31.1. The Morgan fingerprint density at radius 1 is 0.731 bits per heavy atom. The van der Waals surface area contributed by atoms with Crippen LogP contribution >= 0.6 is 7.82 Å². The van der Waals surface area contributed by atoms with Crippen LogP contribution in [0, 0.1) is 11.8 Å². The van der Waals surface area contributed by atoms with Gasteiger partial charge in [0.25, 0.3) is 0 Å². The summed E-state index contributed by atoms with van der Waals surface area (Å²) in [5.41, 5.74) is 0. The zero-order valence-corrected chi connectivity index (χ0v) is 33.2. The zero-order valence-electron chi connectivity index (χ0n) is 32.3. The molecule has 0 radical (unpaired) electrons. The first-order valence-corrected chi connectivity index (χ1v) is 21.9. The standard InChI is InChI=1S/C40H73O11P/c1-3-5-7-8-9-10-11-12-13-14-15-16-17-18-19-21-27-40(45)51-34(32-50-52(46,47)48)31-49-39(44)26-23-22-25-35-36(38(43)30-37(35)42)29-28-33(41)24-20-6-4-2/h22-23,28-29,33-38,41-43H,3-21,24-27,30-32H2,1-2H3,(H2,46,47,48)/b23-22-,29-28+/t33-,34-,35+,36-,37+,38-/m1/s1. The number of phosphoric acid groups is 1. The SMILES string of the molecule is CCCCCCCCCCCCCCCCCCC(=O)O[C@H](COC(=O)C/C=C\C[C@H]1[C@@H](/C=C/[C@H](O)CCCCC)[C@H](O)C[C@@H]1O)COP(=O)(O)O. The number of carbonyl (C=O) groups excluding carboxylic acids is 2. The summed E-state index contributed by atoms with van der Waals surface area (Å²) in [6.07, 6.45) is 27.4. The van der Waals surface area contributed by atoms with Gasteiger partial charge >= 0.3 is 19.8 Å². The molecule has 0 spiro atoms. The number of rotatable bonds is 33. The predicted octanol–water partition coefficient (Wildman–Crippen LogP) is 8.39. The maximum atomic E-state index is 12.4. The highest BCUT2D eigenvalue weighted by molar-refractivity contribution is 7.46. The first-order chi connectivity index (χ1) is 25.0. The van der Waals surface area contributed by atoms with Gasteiger partial charge in [0, 0.05) is 18.8 Å². The summed E-state index contributed by atoms with van der Waals surface area (Å²) in [5.74, 6) is -1.78. The Morgan fingerprint density at radius 3 is 1.83 bits per heavy atom. The molecule has 0 unspecified atom stereocenters. The van der Waals surface area contributed by atoms with Crippen molar-refractivity contribution in [1.82, 2.24) is 0 Å². The Hall–Kier alpha value is -1.59. The molecule has 52 heavy (non-hydrogen) atoms. The second kappa shape index (κ2) is 30.7. The molecule has 11 nitrogen and oxygen atoms in total. The van der Waals surface area contributed by atoms with Crippen LogP contribution in [0.4, 0.5) is 0 Å². The Labute approximate surface area is 314 Å². The van der Waals surface area contributed by atoms with E-state index < -0.39 is 57.4 Å². The van der Waals surface area contributed by atoms with Crippen LogP contribution in [0.1, 0.15) is 168 Å². The number of unbranched alkanes of at least 4 members (excludes halogenated alkanes) is 17. The summed E-state index contributed by atoms with van der Waals surface area (Å²) in [4.78, 5) is 43.1. The van der Waals surface area contributed by atoms with Gasteiger partial charge in [0.1, 0.15) is 6.61 Å². The third kappa shape index (κ3) is 26.2. The van der Waals surface area contributed by atoms with Crippen molar-refractivity contribution in [3.05, 3.63) is 24.3 Å². The first-order valence-electron chi connectivity index (χ1n) is 20.4. The molecule has 1 fully saturated rings. The third-order valence-corrected chi connectivity index (χ3v) is 10.3. The fraction of sp³-hybridized carbons (Fsp3) is 0.850. The molecule has 304 valence electrons. The summed E-state index contributed by atoms with van der Waals surface area (Å²) in [6, 6.07) is 0. The van der Waals surface area contributed by atoms with Crippen molar-refractivity contribution in [3.63, 3.8) is 0 Å². The van der Waals surface area contributed by atoms with Crippen LogP contribution in [0.2, 0.25) is 0 Å². The largest absolute Gasteiger partial charge is 0.469 e. The van der Waals surface area contributed by atoms with Crippen molar-refractivity contribution >= 4 is 19.8 Å². The second-order valence-corrected chi connectivity index (χ2v) is 15.8. The van der Waals surface area contributed by atoms with Crippen LogP contribution in [-0.2, 0) is 28.2 Å². The lowest BCUT2D eigenvalue weighted by atomic mass is 9.89. The van der Waals surface area contributed by atoms with Crippen LogP contribution in [0.3, 0.4) is 0 Å². The molecule has 0 heterocycles. The molecule has 0 aromatic heterocycles. The summed E-state index contributed by atoms with van der Waals surface area (Å²) >= 11 is 0. The predicted molar refractivity (Wildman–Crippen MR) is 204 cm³/mol. The number of allylic oxidation sites excluding steroid dienone is 1. The van der Waals surface area contributed by atoms with Crippen LogP contribution in [0.25, 0.3) is 0 Å². The van der Waals surface area contributed by atoms with E-state index in [1.165, 1.54) is 77.0 Å². The van der Waals surface area contributed by atoms with E-state index in [1.807, 2.05) is 0 Å². The molecule has 0 aromatic rings. The van der Waals surface area contributed by atoms with E-state index in [-0.39, 0.29) is 31.1 Å². The van der Waals surface area contributed by atoms with E-state index in [0.29, 0.717) is 19.3 Å². The Bertz CT molecular complexity index is 1010. The molecule has 0 saturated heterocycles. The maximum Gasteiger partial charge on any atom is 0.469 e. The molecule has 0 bridgehead atoms. The average Bonchev–Trinajstić information content (AvgIpc) is 3.37. The topological polar surface area (TPSA) is 180 Å². The minimum atomic E-state index is -4.83. The molecule has 0 amide bonds. The highest BCUT2D eigenvalue weighted by Gasteiger charge is 2.39. The van der Waals surface area contributed by atoms with Gasteiger partial charge in [-0.1, -0.05) is 154 Å². The van der Waals surface area contributed by atoms with Gasteiger partial charge in [-0.15, -0.1) is 0 Å². The quantitative estimate of drug-likeness (QED) is 0.0188. The van der Waals surface area contributed by atoms with Crippen LogP contribution in [0.5, 0.6) is 0 Å². The van der Waals surface area contributed by atoms with Crippen molar-refractivity contribution in [2.24, 2.45) is 11.8 Å². The molecule has 5 N–H and O–H groups in total. The van der Waals surface area contributed by atoms with Gasteiger partial charge in [0.05, 0.1) is 31.3 Å². The molecule has 1 saturated carbocycles. The fourth-order valence-corrected chi connectivity index (χ4v) is 7.06. The smallest absolute Gasteiger partial charge is 0.461 e. The summed E-state index contributed by atoms with van der Waals surface area (Å²) in [7, 11) is -4.83. The Balaban J connectivity index is 2.33. The number of aliphatic hydroxyl groups excluding tert-OH is 3. The summed E-state index contributed by atoms with van der Waals surface area (Å²) < 4.78 is 26.3. The second-order valence-electron chi connectivity index (χ2n) is 14.6. The number of hydrogen-bond donors (Lipinski definition) is 5. The average molecular weight is 761 g/mol. The van der Waals surface area contributed by atoms with Crippen molar-refractivity contribution < 1.29 is 53.3 Å². The molecule has 0 aliphatic heterocycles. The number of phosphoric ester groups is 1. The van der Waals surface area contributed by atoms with Crippen LogP contribution < -0.4 is 0 Å². The van der Waals surface area contributed by atoms with Crippen LogP contribution in [0.15, 0.2) is 24.3 Å². The van der Waals surface area contributed by atoms with E-state index in [1.54, 1.807) is 24.3 Å². The van der Waals surface area contributed by atoms with Gasteiger partial charge in [-0.2, -0.15) is 0 Å². The lowest BCUT2D eigenvalue weighted by molar-refractivity contribution is -0.160. The van der Waals surface area contributed by atoms with Crippen LogP contribution in [-0.4, -0.2) is 74.7 Å². The van der Waals surface area contributed by atoms with Crippen molar-refractivity contribution in [2.45, 2.75) is 192 Å². The van der Waals surface area contributed by atoms with Crippen molar-refractivity contribution in [1.29, 1.82) is 0 Å². The first kappa shape index (κ1) is 48.4. The normalized spacial score (nSPS) is 20.5. The molecule has 1 rings (SSSR count). The lowest BCUT2D eigenvalue weighted by Crippen LogP contribution is -2.29. The van der Waals surface area contributed by atoms with Crippen molar-refractivity contribution in [3.8, 4) is 0 Å². The van der Waals surface area contributed by atoms with Gasteiger partial charge < -0.3 is 34.6 Å². The third-order valence-electron chi connectivity index (χ3n) is 9.83. The highest BCUT2D eigenvalue weighted by atomic mass is 31.2. The summed E-state index contributed by atoms with van der Waals surface area (Å²) in [6.45, 7) is 3.30. The Morgan fingerprint density at radius 2 is 1.27 bits per heavy atom. The lowest BCUT2D eigenvalue weighted by Gasteiger charge is -2.19. The maximum absolute atomic E-state index is 12.4. The molecular formula is C40H73O11P.